The van der Waals surface area contributed by atoms with E-state index in [9.17, 15) is 14.0 Å². The van der Waals surface area contributed by atoms with E-state index in [0.29, 0.717) is 0 Å². The summed E-state index contributed by atoms with van der Waals surface area (Å²) in [4.78, 5) is 31.1. The Labute approximate surface area is 227 Å². The summed E-state index contributed by atoms with van der Waals surface area (Å²) in [5.41, 5.74) is 2.01. The maximum absolute atomic E-state index is 14.6. The van der Waals surface area contributed by atoms with E-state index in [1.165, 1.54) is 37.9 Å². The molecule has 3 heterocycles. The Balaban J connectivity index is 1.57. The molecule has 5 rings (SSSR count). The van der Waals surface area contributed by atoms with Crippen molar-refractivity contribution in [2.24, 2.45) is 0 Å². The average Bonchev–Trinajstić information content (AvgIpc) is 3.36. The van der Waals surface area contributed by atoms with E-state index >= 15 is 0 Å². The molecule has 0 unspecified atom stereocenters. The third-order valence-electron chi connectivity index (χ3n) is 6.79. The normalized spacial score (nSPS) is 15.8. The highest BCUT2D eigenvalue weighted by atomic mass is 32.1. The highest BCUT2D eigenvalue weighted by Crippen LogP contribution is 2.41. The molecule has 0 bridgehead atoms. The Morgan fingerprint density at radius 2 is 1.65 bits per heavy atom. The molecule has 0 aliphatic carbocycles. The number of halogens is 1. The number of hydrogen-bond donors (Lipinski definition) is 0. The van der Waals surface area contributed by atoms with Crippen molar-refractivity contribution in [3.8, 4) is 0 Å². The summed E-state index contributed by atoms with van der Waals surface area (Å²) in [6.45, 7) is 2.21. The van der Waals surface area contributed by atoms with Crippen LogP contribution in [0.3, 0.4) is 0 Å². The van der Waals surface area contributed by atoms with Crippen LogP contribution in [0.2, 0.25) is 6.04 Å². The lowest BCUT2D eigenvalue weighted by Gasteiger charge is -2.36. The minimum Gasteiger partial charge on any atom is -0.302 e. The van der Waals surface area contributed by atoms with E-state index in [2.05, 4.69) is 30.0 Å². The number of rotatable bonds is 6. The largest absolute Gasteiger partial charge is 0.302 e. The molecule has 1 fully saturated rings. The average molecular weight is 549 g/mol. The van der Waals surface area contributed by atoms with Crippen LogP contribution in [0.15, 0.2) is 60.2 Å². The predicted molar refractivity (Wildman–Crippen MR) is 154 cm³/mol. The first-order valence-corrected chi connectivity index (χ1v) is 15.2. The van der Waals surface area contributed by atoms with E-state index in [4.69, 9.17) is 12.2 Å². The molecule has 0 saturated carbocycles. The van der Waals surface area contributed by atoms with Crippen molar-refractivity contribution in [2.75, 3.05) is 19.0 Å². The number of hydrogen-bond acceptors (Lipinski definition) is 5. The van der Waals surface area contributed by atoms with Gasteiger partial charge in [0.2, 0.25) is 0 Å². The maximum atomic E-state index is 14.6. The van der Waals surface area contributed by atoms with Crippen LogP contribution in [0, 0.1) is 5.82 Å². The summed E-state index contributed by atoms with van der Waals surface area (Å²) in [6, 6.07) is 18.5. The first kappa shape index (κ1) is 25.5. The van der Waals surface area contributed by atoms with Crippen molar-refractivity contribution in [3.05, 3.63) is 70.9 Å². The number of benzene rings is 2. The zero-order chi connectivity index (χ0) is 26.3. The molecule has 37 heavy (non-hydrogen) atoms. The fourth-order valence-corrected chi connectivity index (χ4v) is 9.02. The second kappa shape index (κ2) is 10.3. The standard InChI is InChI=1S/C28H27FN3O2S2Si/c1-4-5-8-15-37-23-10-7-6-9-21(23)32(22-16-18(29)11-13-24(22)37)25-14-12-19(36-25)17-20-26(33)30(2)28(35)31(3)27(20)34/h6-7,9-14,16-17H,4-5,8,15H2,1-3H3. The van der Waals surface area contributed by atoms with Crippen LogP contribution in [-0.4, -0.2) is 49.6 Å². The number of thiocarbonyl (C=S) groups is 1. The van der Waals surface area contributed by atoms with Gasteiger partial charge < -0.3 is 4.90 Å². The number of likely N-dealkylation sites (N-methyl/N-ethyl adjacent to an activating group) is 2. The number of fused-ring (bicyclic) bond motifs is 2. The van der Waals surface area contributed by atoms with Crippen molar-refractivity contribution in [2.45, 2.75) is 32.2 Å². The van der Waals surface area contributed by atoms with Crippen LogP contribution in [0.5, 0.6) is 0 Å². The van der Waals surface area contributed by atoms with Gasteiger partial charge in [-0.05, 0) is 59.0 Å². The molecule has 0 spiro atoms. The number of anilines is 3. The van der Waals surface area contributed by atoms with Crippen molar-refractivity contribution < 1.29 is 14.0 Å². The van der Waals surface area contributed by atoms with Gasteiger partial charge in [0.1, 0.15) is 25.2 Å². The number of thiophene rings is 1. The van der Waals surface area contributed by atoms with Crippen LogP contribution >= 0.6 is 23.6 Å². The molecular formula is C28H27FN3O2S2Si. The van der Waals surface area contributed by atoms with Gasteiger partial charge in [0.15, 0.2) is 5.11 Å². The molecule has 1 aromatic heterocycles. The van der Waals surface area contributed by atoms with Gasteiger partial charge >= 0.3 is 0 Å². The van der Waals surface area contributed by atoms with Crippen molar-refractivity contribution in [1.29, 1.82) is 0 Å². The zero-order valence-corrected chi connectivity index (χ0v) is 23.6. The molecule has 2 aromatic carbocycles. The number of para-hydroxylation sites is 1. The van der Waals surface area contributed by atoms with Gasteiger partial charge in [0.05, 0.1) is 0 Å². The van der Waals surface area contributed by atoms with Gasteiger partial charge in [-0.2, -0.15) is 0 Å². The molecule has 5 nitrogen and oxygen atoms in total. The van der Waals surface area contributed by atoms with Crippen molar-refractivity contribution >= 4 is 82.1 Å². The van der Waals surface area contributed by atoms with Gasteiger partial charge in [0.25, 0.3) is 11.8 Å². The Hall–Kier alpha value is -3.14. The lowest BCUT2D eigenvalue weighted by molar-refractivity contribution is -0.132. The van der Waals surface area contributed by atoms with Crippen LogP contribution < -0.4 is 15.3 Å². The third kappa shape index (κ3) is 4.56. The molecular weight excluding hydrogens is 522 g/mol. The second-order valence-electron chi connectivity index (χ2n) is 9.19. The summed E-state index contributed by atoms with van der Waals surface area (Å²) in [5, 5.41) is 3.61. The molecule has 0 atom stereocenters. The van der Waals surface area contributed by atoms with Gasteiger partial charge in [0, 0.05) is 30.3 Å². The summed E-state index contributed by atoms with van der Waals surface area (Å²) < 4.78 is 14.6. The molecule has 3 aromatic rings. The van der Waals surface area contributed by atoms with E-state index in [-0.39, 0.29) is 16.5 Å². The monoisotopic (exact) mass is 548 g/mol. The summed E-state index contributed by atoms with van der Waals surface area (Å²) in [7, 11) is 2.07. The van der Waals surface area contributed by atoms with E-state index < -0.39 is 20.6 Å². The lowest BCUT2D eigenvalue weighted by Crippen LogP contribution is -2.52. The third-order valence-corrected chi connectivity index (χ3v) is 11.4. The van der Waals surface area contributed by atoms with E-state index in [1.54, 1.807) is 32.3 Å². The predicted octanol–water partition coefficient (Wildman–Crippen LogP) is 5.07. The van der Waals surface area contributed by atoms with E-state index in [0.717, 1.165) is 40.1 Å². The van der Waals surface area contributed by atoms with Gasteiger partial charge in [-0.3, -0.25) is 19.4 Å². The second-order valence-corrected chi connectivity index (χ2v) is 13.2. The molecule has 2 amide bonds. The molecule has 9 heteroatoms. The smallest absolute Gasteiger partial charge is 0.265 e. The minimum atomic E-state index is -1.07. The van der Waals surface area contributed by atoms with Crippen molar-refractivity contribution in [3.63, 3.8) is 0 Å². The molecule has 0 N–H and O–H groups in total. The highest BCUT2D eigenvalue weighted by Gasteiger charge is 2.36. The molecule has 189 valence electrons. The highest BCUT2D eigenvalue weighted by molar-refractivity contribution is 7.80. The van der Waals surface area contributed by atoms with E-state index in [1.807, 2.05) is 24.3 Å². The summed E-state index contributed by atoms with van der Waals surface area (Å²) >= 11 is 6.65. The first-order chi connectivity index (χ1) is 17.8. The van der Waals surface area contributed by atoms with Crippen LogP contribution in [0.1, 0.15) is 31.1 Å². The Kier molecular flexibility index (Phi) is 7.11. The van der Waals surface area contributed by atoms with Crippen LogP contribution in [0.4, 0.5) is 20.8 Å². The van der Waals surface area contributed by atoms with Crippen molar-refractivity contribution in [1.82, 2.24) is 9.80 Å². The van der Waals surface area contributed by atoms with Crippen LogP contribution in [0.25, 0.3) is 6.08 Å². The van der Waals surface area contributed by atoms with Crippen LogP contribution in [-0.2, 0) is 9.59 Å². The molecule has 1 radical (unpaired) electrons. The first-order valence-electron chi connectivity index (χ1n) is 12.3. The lowest BCUT2D eigenvalue weighted by atomic mass is 10.1. The Morgan fingerprint density at radius 1 is 0.946 bits per heavy atom. The fraction of sp³-hybridized carbons (Fsp3) is 0.250. The van der Waals surface area contributed by atoms with Gasteiger partial charge in [-0.25, -0.2) is 4.39 Å². The number of carbonyl (C=O) groups excluding carboxylic acids is 2. The zero-order valence-electron chi connectivity index (χ0n) is 21.0. The van der Waals surface area contributed by atoms with Gasteiger partial charge in [-0.1, -0.05) is 56.5 Å². The number of nitrogens with zero attached hydrogens (tertiary/aromatic N) is 3. The van der Waals surface area contributed by atoms with Gasteiger partial charge in [-0.15, -0.1) is 11.3 Å². The Morgan fingerprint density at radius 3 is 2.38 bits per heavy atom. The maximum Gasteiger partial charge on any atom is 0.265 e. The topological polar surface area (TPSA) is 43.9 Å². The number of carbonyl (C=O) groups is 2. The number of unbranched alkanes of at least 4 members (excludes halogenated alkanes) is 2. The molecule has 2 aliphatic rings. The molecule has 2 aliphatic heterocycles. The SMILES string of the molecule is CCCCC[Si]1c2ccccc2N(c2ccc(C=C3C(=O)N(C)C(=S)N(C)C3=O)s2)c2cc(F)ccc21. The number of amides is 2. The summed E-state index contributed by atoms with van der Waals surface area (Å²) in [5.74, 6) is -1.10. The summed E-state index contributed by atoms with van der Waals surface area (Å²) in [6.07, 6.45) is 5.12. The molecule has 1 saturated heterocycles. The Bertz CT molecular complexity index is 1410. The minimum absolute atomic E-state index is 0.0684. The quantitative estimate of drug-likeness (QED) is 0.142. The fourth-order valence-electron chi connectivity index (χ4n) is 4.86.